The van der Waals surface area contributed by atoms with Crippen molar-refractivity contribution in [2.75, 3.05) is 14.2 Å². The van der Waals surface area contributed by atoms with Crippen LogP contribution in [0, 0.1) is 0 Å². The Bertz CT molecular complexity index is 99.9. The van der Waals surface area contributed by atoms with E-state index in [1.807, 2.05) is 13.8 Å². The molecule has 0 fully saturated rings. The van der Waals surface area contributed by atoms with Gasteiger partial charge in [-0.2, -0.15) is 0 Å². The van der Waals surface area contributed by atoms with Crippen molar-refractivity contribution in [3.63, 3.8) is 0 Å². The molecule has 0 spiro atoms. The second-order valence-corrected chi connectivity index (χ2v) is 1.94. The predicted octanol–water partition coefficient (Wildman–Crippen LogP) is 0.187. The molecule has 0 aliphatic carbocycles. The van der Waals surface area contributed by atoms with Crippen molar-refractivity contribution >= 4 is 0 Å². The van der Waals surface area contributed by atoms with Gasteiger partial charge in [-0.05, 0) is 13.8 Å². The van der Waals surface area contributed by atoms with E-state index in [0.717, 1.165) is 0 Å². The van der Waals surface area contributed by atoms with Crippen molar-refractivity contribution in [1.82, 2.24) is 0 Å². The summed E-state index contributed by atoms with van der Waals surface area (Å²) in [5.74, 6) is 0. The molecule has 0 heterocycles. The fourth-order valence-corrected chi connectivity index (χ4v) is 0. The second kappa shape index (κ2) is 29.2. The standard InChI is InChI=1S/2C3H6.2C2H6O3/c2*1-3-2;2*1-5-2(3)4/h2*3H,1H2,2H3;2*2-4H,1H3. The van der Waals surface area contributed by atoms with Gasteiger partial charge in [0.05, 0.1) is 0 Å². The molecule has 6 nitrogen and oxygen atoms in total. The van der Waals surface area contributed by atoms with Crippen molar-refractivity contribution in [1.29, 1.82) is 0 Å². The van der Waals surface area contributed by atoms with Crippen LogP contribution in [0.2, 0.25) is 0 Å². The number of aliphatic hydroxyl groups excluding tert-OH is 2. The van der Waals surface area contributed by atoms with E-state index in [0.29, 0.717) is 0 Å². The lowest BCUT2D eigenvalue weighted by Crippen LogP contribution is -2.04. The Labute approximate surface area is 97.1 Å². The van der Waals surface area contributed by atoms with Crippen molar-refractivity contribution < 1.29 is 29.9 Å². The van der Waals surface area contributed by atoms with Crippen LogP contribution in [-0.2, 0) is 9.47 Å². The minimum Gasteiger partial charge on any atom is -0.346 e. The molecule has 100 valence electrons. The van der Waals surface area contributed by atoms with Gasteiger partial charge < -0.3 is 29.9 Å². The normalized spacial score (nSPS) is 7.62. The number of hydrogen-bond donors (Lipinski definition) is 4. The van der Waals surface area contributed by atoms with Crippen LogP contribution in [0.1, 0.15) is 13.8 Å². The first-order chi connectivity index (χ1) is 7.37. The quantitative estimate of drug-likeness (QED) is 0.406. The third-order valence-electron chi connectivity index (χ3n) is 0.422. The van der Waals surface area contributed by atoms with Crippen molar-refractivity contribution in [2.45, 2.75) is 26.8 Å². The fourth-order valence-electron chi connectivity index (χ4n) is 0. The second-order valence-electron chi connectivity index (χ2n) is 1.94. The molecule has 0 radical (unpaired) electrons. The van der Waals surface area contributed by atoms with E-state index >= 15 is 0 Å². The van der Waals surface area contributed by atoms with E-state index in [1.165, 1.54) is 14.2 Å². The zero-order chi connectivity index (χ0) is 14.0. The number of allylic oxidation sites excluding steroid dienone is 2. The SMILES string of the molecule is C=CC.C=CC.COC(O)O.COC(O)O. The van der Waals surface area contributed by atoms with Gasteiger partial charge in [-0.15, -0.1) is 13.2 Å². The number of methoxy groups -OCH3 is 2. The Morgan fingerprint density at radius 2 is 0.875 bits per heavy atom. The van der Waals surface area contributed by atoms with Gasteiger partial charge in [0, 0.05) is 14.2 Å². The first kappa shape index (κ1) is 24.5. The van der Waals surface area contributed by atoms with Crippen molar-refractivity contribution in [3.8, 4) is 0 Å². The average molecular weight is 240 g/mol. The number of rotatable bonds is 2. The molecule has 0 rings (SSSR count). The van der Waals surface area contributed by atoms with Crippen LogP contribution >= 0.6 is 0 Å². The van der Waals surface area contributed by atoms with Gasteiger partial charge >= 0.3 is 0 Å². The molecule has 0 aliphatic rings. The highest BCUT2D eigenvalue weighted by Crippen LogP contribution is 1.67. The molecule has 0 atom stereocenters. The van der Waals surface area contributed by atoms with Crippen molar-refractivity contribution in [3.05, 3.63) is 25.3 Å². The largest absolute Gasteiger partial charge is 0.346 e. The van der Waals surface area contributed by atoms with E-state index in [2.05, 4.69) is 22.6 Å². The molecule has 6 heteroatoms. The van der Waals surface area contributed by atoms with Crippen LogP contribution in [0.4, 0.5) is 0 Å². The molecule has 0 unspecified atom stereocenters. The van der Waals surface area contributed by atoms with Crippen LogP contribution in [0.3, 0.4) is 0 Å². The molecule has 0 aromatic heterocycles. The maximum absolute atomic E-state index is 7.69. The predicted molar refractivity (Wildman–Crippen MR) is 62.2 cm³/mol. The van der Waals surface area contributed by atoms with Gasteiger partial charge in [0.15, 0.2) is 0 Å². The third-order valence-corrected chi connectivity index (χ3v) is 0.422. The summed E-state index contributed by atoms with van der Waals surface area (Å²) in [6.07, 6.45) is 3.50. The van der Waals surface area contributed by atoms with Gasteiger partial charge in [0.1, 0.15) is 0 Å². The summed E-state index contributed by atoms with van der Waals surface area (Å²) < 4.78 is 7.72. The number of ether oxygens (including phenoxy) is 2. The Kier molecular flexibility index (Phi) is 44.7. The van der Waals surface area contributed by atoms with Crippen LogP contribution in [0.25, 0.3) is 0 Å². The van der Waals surface area contributed by atoms with E-state index in [9.17, 15) is 0 Å². The van der Waals surface area contributed by atoms with Crippen LogP contribution in [-0.4, -0.2) is 47.6 Å². The minimum atomic E-state index is -1.62. The highest BCUT2D eigenvalue weighted by molar-refractivity contribution is 4.51. The molecule has 0 saturated carbocycles. The highest BCUT2D eigenvalue weighted by atomic mass is 16.7. The Hall–Kier alpha value is -0.760. The van der Waals surface area contributed by atoms with Gasteiger partial charge in [-0.25, -0.2) is 0 Å². The molecule has 4 N–H and O–H groups in total. The molecular formula is C10H24O6. The highest BCUT2D eigenvalue weighted by Gasteiger charge is 1.82. The maximum atomic E-state index is 7.69. The fraction of sp³-hybridized carbons (Fsp3) is 0.600. The summed E-state index contributed by atoms with van der Waals surface area (Å²) in [6, 6.07) is 0. The molecule has 0 saturated heterocycles. The monoisotopic (exact) mass is 240 g/mol. The van der Waals surface area contributed by atoms with E-state index in [1.54, 1.807) is 12.2 Å². The summed E-state index contributed by atoms with van der Waals surface area (Å²) in [4.78, 5) is 0. The molecule has 0 aromatic carbocycles. The van der Waals surface area contributed by atoms with E-state index in [4.69, 9.17) is 20.4 Å². The summed E-state index contributed by atoms with van der Waals surface area (Å²) in [5.41, 5.74) is 0. The lowest BCUT2D eigenvalue weighted by Gasteiger charge is -1.92. The third kappa shape index (κ3) is 189. The molecule has 0 aliphatic heterocycles. The lowest BCUT2D eigenvalue weighted by atomic mass is 10.8. The van der Waals surface area contributed by atoms with E-state index in [-0.39, 0.29) is 0 Å². The van der Waals surface area contributed by atoms with Crippen LogP contribution < -0.4 is 0 Å². The Morgan fingerprint density at radius 1 is 0.812 bits per heavy atom. The molecule has 0 aromatic rings. The molecule has 0 amide bonds. The van der Waals surface area contributed by atoms with Gasteiger partial charge in [-0.1, -0.05) is 12.2 Å². The maximum Gasteiger partial charge on any atom is 0.266 e. The zero-order valence-electron chi connectivity index (χ0n) is 10.3. The smallest absolute Gasteiger partial charge is 0.266 e. The summed E-state index contributed by atoms with van der Waals surface area (Å²) >= 11 is 0. The molecule has 0 bridgehead atoms. The topological polar surface area (TPSA) is 99.4 Å². The van der Waals surface area contributed by atoms with Gasteiger partial charge in [0.2, 0.25) is 0 Å². The Balaban J connectivity index is -0.0000000621. The van der Waals surface area contributed by atoms with Crippen LogP contribution in [0.15, 0.2) is 25.3 Å². The van der Waals surface area contributed by atoms with Crippen molar-refractivity contribution in [2.24, 2.45) is 0 Å². The molecular weight excluding hydrogens is 216 g/mol. The summed E-state index contributed by atoms with van der Waals surface area (Å²) in [5, 5.41) is 30.8. The Morgan fingerprint density at radius 3 is 0.875 bits per heavy atom. The van der Waals surface area contributed by atoms with E-state index < -0.39 is 13.0 Å². The molecule has 16 heavy (non-hydrogen) atoms. The van der Waals surface area contributed by atoms with Gasteiger partial charge in [-0.3, -0.25) is 0 Å². The number of aliphatic hydroxyl groups is 4. The minimum absolute atomic E-state index is 1.20. The van der Waals surface area contributed by atoms with Gasteiger partial charge in [0.25, 0.3) is 13.0 Å². The first-order valence-electron chi connectivity index (χ1n) is 4.29. The summed E-state index contributed by atoms with van der Waals surface area (Å²) in [6.45, 7) is 7.27. The van der Waals surface area contributed by atoms with Crippen LogP contribution in [0.5, 0.6) is 0 Å². The zero-order valence-corrected chi connectivity index (χ0v) is 10.3. The number of hydrogen-bond acceptors (Lipinski definition) is 6. The first-order valence-corrected chi connectivity index (χ1v) is 4.29. The lowest BCUT2D eigenvalue weighted by molar-refractivity contribution is -0.219. The average Bonchev–Trinajstić information content (AvgIpc) is 2.21. The summed E-state index contributed by atoms with van der Waals surface area (Å²) in [7, 11) is 2.40.